The first-order valence-electron chi connectivity index (χ1n) is 7.59. The summed E-state index contributed by atoms with van der Waals surface area (Å²) in [7, 11) is 0. The molecule has 2 unspecified atom stereocenters. The lowest BCUT2D eigenvalue weighted by atomic mass is 9.92. The second-order valence-electron chi connectivity index (χ2n) is 5.94. The third-order valence-electron chi connectivity index (χ3n) is 3.65. The maximum atomic E-state index is 14.2. The zero-order valence-corrected chi connectivity index (χ0v) is 14.3. The SMILES string of the molecule is C=CC(C)CCC(C)C(=C)/C=C(/F)C(=C)C(=C)/C=C\C(=C)C. The molecule has 0 bridgehead atoms. The molecule has 0 N–H and O–H groups in total. The van der Waals surface area contributed by atoms with Crippen molar-refractivity contribution in [1.29, 1.82) is 0 Å². The monoisotopic (exact) mass is 300 g/mol. The van der Waals surface area contributed by atoms with Crippen molar-refractivity contribution in [3.05, 3.63) is 85.3 Å². The second-order valence-corrected chi connectivity index (χ2v) is 5.94. The van der Waals surface area contributed by atoms with E-state index in [2.05, 4.69) is 46.7 Å². The van der Waals surface area contributed by atoms with Gasteiger partial charge in [0, 0.05) is 5.57 Å². The van der Waals surface area contributed by atoms with Gasteiger partial charge in [-0.05, 0) is 48.8 Å². The van der Waals surface area contributed by atoms with Crippen molar-refractivity contribution in [2.24, 2.45) is 11.8 Å². The molecule has 0 aliphatic heterocycles. The van der Waals surface area contributed by atoms with Crippen LogP contribution >= 0.6 is 0 Å². The van der Waals surface area contributed by atoms with Crippen LogP contribution in [0.15, 0.2) is 85.3 Å². The van der Waals surface area contributed by atoms with Crippen LogP contribution in [0.2, 0.25) is 0 Å². The topological polar surface area (TPSA) is 0 Å². The number of halogens is 1. The van der Waals surface area contributed by atoms with E-state index in [4.69, 9.17) is 0 Å². The molecule has 0 fully saturated rings. The molecule has 0 aliphatic carbocycles. The average molecular weight is 300 g/mol. The Morgan fingerprint density at radius 2 is 1.64 bits per heavy atom. The molecular formula is C21H29F. The third kappa shape index (κ3) is 7.78. The van der Waals surface area contributed by atoms with E-state index >= 15 is 0 Å². The van der Waals surface area contributed by atoms with Gasteiger partial charge in [0.25, 0.3) is 0 Å². The fourth-order valence-electron chi connectivity index (χ4n) is 1.71. The Balaban J connectivity index is 4.72. The van der Waals surface area contributed by atoms with Crippen molar-refractivity contribution in [3.63, 3.8) is 0 Å². The van der Waals surface area contributed by atoms with Crippen LogP contribution in [0, 0.1) is 11.8 Å². The van der Waals surface area contributed by atoms with E-state index in [0.29, 0.717) is 11.5 Å². The van der Waals surface area contributed by atoms with Gasteiger partial charge in [-0.1, -0.05) is 64.0 Å². The van der Waals surface area contributed by atoms with E-state index in [0.717, 1.165) is 24.0 Å². The zero-order valence-electron chi connectivity index (χ0n) is 14.3. The molecule has 0 radical (unpaired) electrons. The lowest BCUT2D eigenvalue weighted by Gasteiger charge is -2.14. The first-order chi connectivity index (χ1) is 10.2. The summed E-state index contributed by atoms with van der Waals surface area (Å²) in [4.78, 5) is 0. The summed E-state index contributed by atoms with van der Waals surface area (Å²) in [6, 6.07) is 0. The molecule has 0 heterocycles. The standard InChI is InChI=1S/C21H29F/c1-9-16(4)11-13-17(5)19(7)14-21(22)20(8)18(6)12-10-15(2)3/h9-10,12,14,16-17H,1-2,6-8,11,13H2,3-5H3/b12-10-,21-14+. The van der Waals surface area contributed by atoms with Gasteiger partial charge in [0.2, 0.25) is 0 Å². The summed E-state index contributed by atoms with van der Waals surface area (Å²) in [6.45, 7) is 25.1. The number of allylic oxidation sites excluding steroid dienone is 9. The van der Waals surface area contributed by atoms with E-state index in [-0.39, 0.29) is 17.3 Å². The Morgan fingerprint density at radius 1 is 1.05 bits per heavy atom. The predicted molar refractivity (Wildman–Crippen MR) is 98.3 cm³/mol. The van der Waals surface area contributed by atoms with Crippen molar-refractivity contribution < 1.29 is 4.39 Å². The Kier molecular flexibility index (Phi) is 9.09. The summed E-state index contributed by atoms with van der Waals surface area (Å²) in [6.07, 6.45) is 8.88. The van der Waals surface area contributed by atoms with Crippen molar-refractivity contribution in [2.45, 2.75) is 33.6 Å². The van der Waals surface area contributed by atoms with Crippen LogP contribution in [-0.2, 0) is 0 Å². The molecule has 0 rings (SSSR count). The van der Waals surface area contributed by atoms with Gasteiger partial charge in [-0.3, -0.25) is 0 Å². The minimum absolute atomic E-state index is 0.222. The molecule has 2 atom stereocenters. The maximum Gasteiger partial charge on any atom is 0.130 e. The van der Waals surface area contributed by atoms with Gasteiger partial charge in [0.05, 0.1) is 0 Å². The highest BCUT2D eigenvalue weighted by molar-refractivity contribution is 5.48. The van der Waals surface area contributed by atoms with Gasteiger partial charge in [-0.2, -0.15) is 0 Å². The van der Waals surface area contributed by atoms with Gasteiger partial charge in [-0.15, -0.1) is 6.58 Å². The van der Waals surface area contributed by atoms with Crippen molar-refractivity contribution in [2.75, 3.05) is 0 Å². The molecule has 0 nitrogen and oxygen atoms in total. The molecule has 0 saturated carbocycles. The van der Waals surface area contributed by atoms with Crippen molar-refractivity contribution in [1.82, 2.24) is 0 Å². The van der Waals surface area contributed by atoms with Crippen LogP contribution in [0.25, 0.3) is 0 Å². The van der Waals surface area contributed by atoms with Crippen molar-refractivity contribution >= 4 is 0 Å². The summed E-state index contributed by atoms with van der Waals surface area (Å²) >= 11 is 0. The van der Waals surface area contributed by atoms with E-state index in [1.807, 2.05) is 13.0 Å². The minimum Gasteiger partial charge on any atom is -0.206 e. The average Bonchev–Trinajstić information content (AvgIpc) is 2.48. The van der Waals surface area contributed by atoms with Crippen LogP contribution in [0.3, 0.4) is 0 Å². The van der Waals surface area contributed by atoms with Crippen LogP contribution in [0.1, 0.15) is 33.6 Å². The van der Waals surface area contributed by atoms with Gasteiger partial charge in [-0.25, -0.2) is 4.39 Å². The highest BCUT2D eigenvalue weighted by atomic mass is 19.1. The first-order valence-corrected chi connectivity index (χ1v) is 7.59. The number of rotatable bonds is 10. The fraction of sp³-hybridized carbons (Fsp3) is 0.333. The van der Waals surface area contributed by atoms with Gasteiger partial charge in [0.1, 0.15) is 5.83 Å². The summed E-state index contributed by atoms with van der Waals surface area (Å²) in [5, 5.41) is 0. The molecule has 0 saturated heterocycles. The largest absolute Gasteiger partial charge is 0.206 e. The molecule has 120 valence electrons. The molecule has 1 heteroatoms. The Morgan fingerprint density at radius 3 is 2.14 bits per heavy atom. The van der Waals surface area contributed by atoms with Gasteiger partial charge in [0.15, 0.2) is 0 Å². The zero-order chi connectivity index (χ0) is 17.3. The van der Waals surface area contributed by atoms with Gasteiger partial charge >= 0.3 is 0 Å². The quantitative estimate of drug-likeness (QED) is 0.305. The smallest absolute Gasteiger partial charge is 0.130 e. The third-order valence-corrected chi connectivity index (χ3v) is 3.65. The Bertz CT molecular complexity index is 514. The Hall–Kier alpha value is -1.89. The summed E-state index contributed by atoms with van der Waals surface area (Å²) < 4.78 is 14.2. The molecule has 0 spiro atoms. The first kappa shape index (κ1) is 20.1. The molecular weight excluding hydrogens is 271 g/mol. The molecule has 0 aromatic rings. The fourth-order valence-corrected chi connectivity index (χ4v) is 1.71. The molecule has 0 aromatic heterocycles. The molecule has 0 amide bonds. The highest BCUT2D eigenvalue weighted by Crippen LogP contribution is 2.25. The van der Waals surface area contributed by atoms with Crippen LogP contribution in [0.4, 0.5) is 4.39 Å². The lowest BCUT2D eigenvalue weighted by molar-refractivity contribution is 0.523. The van der Waals surface area contributed by atoms with E-state index < -0.39 is 0 Å². The van der Waals surface area contributed by atoms with Crippen LogP contribution in [0.5, 0.6) is 0 Å². The summed E-state index contributed by atoms with van der Waals surface area (Å²) in [5.74, 6) is 0.302. The van der Waals surface area contributed by atoms with E-state index in [1.165, 1.54) is 6.08 Å². The van der Waals surface area contributed by atoms with Crippen molar-refractivity contribution in [3.8, 4) is 0 Å². The van der Waals surface area contributed by atoms with Crippen LogP contribution in [-0.4, -0.2) is 0 Å². The van der Waals surface area contributed by atoms with Crippen LogP contribution < -0.4 is 0 Å². The second kappa shape index (κ2) is 9.94. The van der Waals surface area contributed by atoms with E-state index in [9.17, 15) is 4.39 Å². The number of hydrogen-bond donors (Lipinski definition) is 0. The lowest BCUT2D eigenvalue weighted by Crippen LogP contribution is -2.00. The number of hydrogen-bond acceptors (Lipinski definition) is 0. The normalized spacial score (nSPS) is 14.5. The Labute approximate surface area is 135 Å². The maximum absolute atomic E-state index is 14.2. The molecule has 0 aliphatic rings. The highest BCUT2D eigenvalue weighted by Gasteiger charge is 2.10. The minimum atomic E-state index is -0.384. The molecule has 0 aromatic carbocycles. The predicted octanol–water partition coefficient (Wildman–Crippen LogP) is 6.88. The summed E-state index contributed by atoms with van der Waals surface area (Å²) in [5.41, 5.74) is 2.47. The van der Waals surface area contributed by atoms with Gasteiger partial charge < -0.3 is 0 Å². The molecule has 22 heavy (non-hydrogen) atoms. The van der Waals surface area contributed by atoms with E-state index in [1.54, 1.807) is 12.2 Å².